The monoisotopic (exact) mass is 213 g/mol. The number of hydrogen-bond acceptors (Lipinski definition) is 1. The van der Waals surface area contributed by atoms with Gasteiger partial charge < -0.3 is 4.90 Å². The number of benzene rings is 1. The van der Waals surface area contributed by atoms with E-state index >= 15 is 0 Å². The van der Waals surface area contributed by atoms with Crippen molar-refractivity contribution in [1.82, 2.24) is 4.90 Å². The van der Waals surface area contributed by atoms with Crippen molar-refractivity contribution in [2.24, 2.45) is 0 Å². The van der Waals surface area contributed by atoms with Crippen molar-refractivity contribution in [3.05, 3.63) is 41.6 Å². The van der Waals surface area contributed by atoms with Crippen LogP contribution in [0.4, 0.5) is 0 Å². The molecule has 1 aromatic rings. The van der Waals surface area contributed by atoms with Gasteiger partial charge in [-0.15, -0.1) is 0 Å². The maximum absolute atomic E-state index is 11.7. The van der Waals surface area contributed by atoms with E-state index in [0.717, 1.165) is 25.7 Å². The maximum Gasteiger partial charge on any atom is 0.227 e. The van der Waals surface area contributed by atoms with E-state index in [1.165, 1.54) is 11.3 Å². The zero-order valence-electron chi connectivity index (χ0n) is 9.23. The second kappa shape index (κ2) is 3.78. The van der Waals surface area contributed by atoms with Crippen LogP contribution in [0, 0.1) is 0 Å². The lowest BCUT2D eigenvalue weighted by Gasteiger charge is -2.17. The van der Waals surface area contributed by atoms with Crippen LogP contribution in [0.3, 0.4) is 0 Å². The third kappa shape index (κ3) is 1.54. The molecule has 0 aromatic heterocycles. The summed E-state index contributed by atoms with van der Waals surface area (Å²) in [5.74, 6) is 0.310. The van der Waals surface area contributed by atoms with Gasteiger partial charge in [0.2, 0.25) is 5.91 Å². The number of amides is 1. The van der Waals surface area contributed by atoms with Gasteiger partial charge in [0, 0.05) is 18.2 Å². The first-order valence-electron chi connectivity index (χ1n) is 5.92. The Bertz CT molecular complexity index is 435. The molecule has 1 atom stereocenters. The summed E-state index contributed by atoms with van der Waals surface area (Å²) in [7, 11) is 0. The van der Waals surface area contributed by atoms with Crippen LogP contribution in [0.5, 0.6) is 0 Å². The average molecular weight is 213 g/mol. The van der Waals surface area contributed by atoms with Crippen molar-refractivity contribution in [3.8, 4) is 0 Å². The van der Waals surface area contributed by atoms with Crippen molar-refractivity contribution >= 4 is 12.0 Å². The van der Waals surface area contributed by atoms with E-state index in [1.54, 1.807) is 0 Å². The van der Waals surface area contributed by atoms with Crippen molar-refractivity contribution in [1.29, 1.82) is 0 Å². The normalized spacial score (nSPS) is 26.5. The van der Waals surface area contributed by atoms with E-state index in [4.69, 9.17) is 0 Å². The summed E-state index contributed by atoms with van der Waals surface area (Å²) in [6.07, 6.45) is 6.13. The van der Waals surface area contributed by atoms with Crippen LogP contribution in [0.1, 0.15) is 31.2 Å². The van der Waals surface area contributed by atoms with Crippen molar-refractivity contribution in [3.63, 3.8) is 0 Å². The summed E-state index contributed by atoms with van der Waals surface area (Å²) in [4.78, 5) is 13.8. The molecule has 2 aliphatic rings. The molecule has 2 aliphatic heterocycles. The Hall–Kier alpha value is -1.57. The third-order valence-corrected chi connectivity index (χ3v) is 3.50. The lowest BCUT2D eigenvalue weighted by atomic mass is 10.1. The molecule has 16 heavy (non-hydrogen) atoms. The number of nitrogens with zero attached hydrogens (tertiary/aromatic N) is 1. The Morgan fingerprint density at radius 2 is 1.88 bits per heavy atom. The first kappa shape index (κ1) is 9.64. The van der Waals surface area contributed by atoms with Crippen LogP contribution < -0.4 is 0 Å². The summed E-state index contributed by atoms with van der Waals surface area (Å²) < 4.78 is 0. The predicted octanol–water partition coefficient (Wildman–Crippen LogP) is 2.81. The molecule has 0 aliphatic carbocycles. The first-order valence-corrected chi connectivity index (χ1v) is 5.92. The topological polar surface area (TPSA) is 20.3 Å². The van der Waals surface area contributed by atoms with Gasteiger partial charge >= 0.3 is 0 Å². The van der Waals surface area contributed by atoms with Gasteiger partial charge in [-0.3, -0.25) is 4.79 Å². The van der Waals surface area contributed by atoms with Gasteiger partial charge in [0.15, 0.2) is 0 Å². The fourth-order valence-electron chi connectivity index (χ4n) is 2.73. The summed E-state index contributed by atoms with van der Waals surface area (Å²) >= 11 is 0. The molecule has 0 radical (unpaired) electrons. The summed E-state index contributed by atoms with van der Waals surface area (Å²) in [6, 6.07) is 10.7. The van der Waals surface area contributed by atoms with E-state index in [2.05, 4.69) is 18.2 Å². The van der Waals surface area contributed by atoms with Gasteiger partial charge in [-0.1, -0.05) is 30.3 Å². The average Bonchev–Trinajstić information content (AvgIpc) is 2.86. The highest BCUT2D eigenvalue weighted by Crippen LogP contribution is 2.36. The molecule has 0 bridgehead atoms. The minimum Gasteiger partial charge on any atom is -0.313 e. The highest BCUT2D eigenvalue weighted by atomic mass is 16.2. The number of carbonyl (C=O) groups excluding carboxylic acids is 1. The Balaban J connectivity index is 1.91. The molecule has 2 saturated heterocycles. The molecule has 82 valence electrons. The van der Waals surface area contributed by atoms with Crippen LogP contribution >= 0.6 is 0 Å². The molecule has 1 aromatic carbocycles. The molecular formula is C14H15NO. The Morgan fingerprint density at radius 3 is 2.69 bits per heavy atom. The largest absolute Gasteiger partial charge is 0.313 e. The SMILES string of the molecule is O=C1CC[C@H]2CC/C(=C/c3ccccc3)N12. The van der Waals surface area contributed by atoms with Crippen LogP contribution in [0.15, 0.2) is 36.0 Å². The van der Waals surface area contributed by atoms with Crippen molar-refractivity contribution in [2.75, 3.05) is 0 Å². The predicted molar refractivity (Wildman–Crippen MR) is 63.5 cm³/mol. The highest BCUT2D eigenvalue weighted by molar-refractivity contribution is 5.82. The van der Waals surface area contributed by atoms with Gasteiger partial charge in [-0.25, -0.2) is 0 Å². The zero-order valence-corrected chi connectivity index (χ0v) is 9.23. The molecular weight excluding hydrogens is 198 g/mol. The minimum atomic E-state index is 0.310. The number of carbonyl (C=O) groups is 1. The van der Waals surface area contributed by atoms with Gasteiger partial charge in [0.05, 0.1) is 0 Å². The van der Waals surface area contributed by atoms with Gasteiger partial charge in [0.25, 0.3) is 0 Å². The van der Waals surface area contributed by atoms with Gasteiger partial charge in [0.1, 0.15) is 0 Å². The quantitative estimate of drug-likeness (QED) is 0.702. The molecule has 2 fully saturated rings. The molecule has 0 N–H and O–H groups in total. The molecule has 0 saturated carbocycles. The number of allylic oxidation sites excluding steroid dienone is 1. The molecule has 0 spiro atoms. The Labute approximate surface area is 95.6 Å². The fourth-order valence-corrected chi connectivity index (χ4v) is 2.73. The second-order valence-electron chi connectivity index (χ2n) is 4.54. The lowest BCUT2D eigenvalue weighted by Crippen LogP contribution is -2.25. The summed E-state index contributed by atoms with van der Waals surface area (Å²) in [5, 5.41) is 0. The number of fused-ring (bicyclic) bond motifs is 1. The summed E-state index contributed by atoms with van der Waals surface area (Å²) in [6.45, 7) is 0. The van der Waals surface area contributed by atoms with Crippen molar-refractivity contribution in [2.45, 2.75) is 31.7 Å². The van der Waals surface area contributed by atoms with E-state index in [0.29, 0.717) is 11.9 Å². The molecule has 2 heteroatoms. The molecule has 2 nitrogen and oxygen atoms in total. The zero-order chi connectivity index (χ0) is 11.0. The van der Waals surface area contributed by atoms with Crippen LogP contribution in [-0.2, 0) is 4.79 Å². The third-order valence-electron chi connectivity index (χ3n) is 3.50. The highest BCUT2D eigenvalue weighted by Gasteiger charge is 2.37. The van der Waals surface area contributed by atoms with E-state index in [9.17, 15) is 4.79 Å². The molecule has 1 amide bonds. The van der Waals surface area contributed by atoms with E-state index < -0.39 is 0 Å². The van der Waals surface area contributed by atoms with Crippen LogP contribution in [0.25, 0.3) is 6.08 Å². The first-order chi connectivity index (χ1) is 7.84. The second-order valence-corrected chi connectivity index (χ2v) is 4.54. The number of rotatable bonds is 1. The molecule has 2 heterocycles. The van der Waals surface area contributed by atoms with Crippen LogP contribution in [-0.4, -0.2) is 16.8 Å². The standard InChI is InChI=1S/C14H15NO/c16-14-9-8-12-6-7-13(15(12)14)10-11-4-2-1-3-5-11/h1-5,10,12H,6-9H2/b13-10-/t12-/m1/s1. The van der Waals surface area contributed by atoms with Crippen LogP contribution in [0.2, 0.25) is 0 Å². The molecule has 3 rings (SSSR count). The fraction of sp³-hybridized carbons (Fsp3) is 0.357. The van der Waals surface area contributed by atoms with Gasteiger partial charge in [-0.2, -0.15) is 0 Å². The maximum atomic E-state index is 11.7. The minimum absolute atomic E-state index is 0.310. The molecule has 0 unspecified atom stereocenters. The van der Waals surface area contributed by atoms with Gasteiger partial charge in [-0.05, 0) is 30.9 Å². The smallest absolute Gasteiger partial charge is 0.227 e. The lowest BCUT2D eigenvalue weighted by molar-refractivity contribution is -0.126. The van der Waals surface area contributed by atoms with Crippen molar-refractivity contribution < 1.29 is 4.79 Å². The Morgan fingerprint density at radius 1 is 1.12 bits per heavy atom. The Kier molecular flexibility index (Phi) is 2.28. The summed E-state index contributed by atoms with van der Waals surface area (Å²) in [5.41, 5.74) is 2.40. The number of hydrogen-bond donors (Lipinski definition) is 0. The van der Waals surface area contributed by atoms with E-state index in [-0.39, 0.29) is 0 Å². The van der Waals surface area contributed by atoms with E-state index in [1.807, 2.05) is 23.1 Å².